The first-order valence-electron chi connectivity index (χ1n) is 3.46. The number of halogens is 2. The van der Waals surface area contributed by atoms with E-state index in [1.807, 2.05) is 0 Å². The molecular formula is C8H9BrFNO. The van der Waals surface area contributed by atoms with Crippen LogP contribution in [0, 0.1) is 5.82 Å². The van der Waals surface area contributed by atoms with E-state index in [9.17, 15) is 4.39 Å². The maximum atomic E-state index is 12.7. The lowest BCUT2D eigenvalue weighted by atomic mass is 10.1. The van der Waals surface area contributed by atoms with Crippen LogP contribution in [0.25, 0.3) is 0 Å². The maximum Gasteiger partial charge on any atom is 0.137 e. The average Bonchev–Trinajstić information content (AvgIpc) is 2.08. The van der Waals surface area contributed by atoms with Gasteiger partial charge in [0.1, 0.15) is 5.82 Å². The number of rotatable bonds is 2. The van der Waals surface area contributed by atoms with Gasteiger partial charge in [-0.2, -0.15) is 0 Å². The van der Waals surface area contributed by atoms with E-state index in [0.717, 1.165) is 0 Å². The highest BCUT2D eigenvalue weighted by Gasteiger charge is 2.06. The monoisotopic (exact) mass is 233 g/mol. The Morgan fingerprint density at radius 1 is 1.58 bits per heavy atom. The molecule has 4 heteroatoms. The Morgan fingerprint density at radius 2 is 2.25 bits per heavy atom. The van der Waals surface area contributed by atoms with Gasteiger partial charge in [0, 0.05) is 0 Å². The largest absolute Gasteiger partial charge is 0.394 e. The van der Waals surface area contributed by atoms with E-state index in [1.54, 1.807) is 12.1 Å². The van der Waals surface area contributed by atoms with Crippen molar-refractivity contribution in [3.05, 3.63) is 34.1 Å². The van der Waals surface area contributed by atoms with E-state index >= 15 is 0 Å². The van der Waals surface area contributed by atoms with Gasteiger partial charge in [0.25, 0.3) is 0 Å². The summed E-state index contributed by atoms with van der Waals surface area (Å²) >= 11 is 3.03. The van der Waals surface area contributed by atoms with Crippen LogP contribution in [0.15, 0.2) is 22.7 Å². The predicted octanol–water partition coefficient (Wildman–Crippen LogP) is 1.58. The fourth-order valence-electron chi connectivity index (χ4n) is 0.848. The third-order valence-corrected chi connectivity index (χ3v) is 2.18. The molecular weight excluding hydrogens is 225 g/mol. The van der Waals surface area contributed by atoms with E-state index in [-0.39, 0.29) is 12.4 Å². The zero-order chi connectivity index (χ0) is 9.14. The second-order valence-electron chi connectivity index (χ2n) is 2.46. The van der Waals surface area contributed by atoms with Crippen LogP contribution in [-0.4, -0.2) is 11.7 Å². The summed E-state index contributed by atoms with van der Waals surface area (Å²) in [5.74, 6) is -0.330. The van der Waals surface area contributed by atoms with Crippen molar-refractivity contribution in [2.75, 3.05) is 6.61 Å². The molecule has 1 aromatic rings. The molecule has 0 amide bonds. The van der Waals surface area contributed by atoms with Crippen molar-refractivity contribution in [1.29, 1.82) is 0 Å². The zero-order valence-electron chi connectivity index (χ0n) is 6.30. The SMILES string of the molecule is NC(CO)c1ccc(F)c(Br)c1. The van der Waals surface area contributed by atoms with E-state index in [4.69, 9.17) is 10.8 Å². The Balaban J connectivity index is 2.96. The fourth-order valence-corrected chi connectivity index (χ4v) is 1.24. The molecule has 0 fully saturated rings. The highest BCUT2D eigenvalue weighted by molar-refractivity contribution is 9.10. The standard InChI is InChI=1S/C8H9BrFNO/c9-6-3-5(8(11)4-12)1-2-7(6)10/h1-3,8,12H,4,11H2. The van der Waals surface area contributed by atoms with E-state index < -0.39 is 6.04 Å². The molecule has 3 N–H and O–H groups in total. The number of hydrogen-bond donors (Lipinski definition) is 2. The Kier molecular flexibility index (Phi) is 3.20. The molecule has 0 aliphatic rings. The molecule has 1 aromatic carbocycles. The molecule has 0 aliphatic carbocycles. The van der Waals surface area contributed by atoms with Gasteiger partial charge in [-0.25, -0.2) is 4.39 Å². The topological polar surface area (TPSA) is 46.2 Å². The minimum Gasteiger partial charge on any atom is -0.394 e. The van der Waals surface area contributed by atoms with Crippen LogP contribution in [0.5, 0.6) is 0 Å². The summed E-state index contributed by atoms with van der Waals surface area (Å²) in [6.07, 6.45) is 0. The molecule has 0 aliphatic heterocycles. The molecule has 0 bridgehead atoms. The van der Waals surface area contributed by atoms with Gasteiger partial charge in [-0.15, -0.1) is 0 Å². The summed E-state index contributed by atoms with van der Waals surface area (Å²) in [6, 6.07) is 3.99. The minimum atomic E-state index is -0.443. The first-order chi connectivity index (χ1) is 5.65. The van der Waals surface area contributed by atoms with Crippen molar-refractivity contribution < 1.29 is 9.50 Å². The van der Waals surface area contributed by atoms with Crippen molar-refractivity contribution in [3.63, 3.8) is 0 Å². The first-order valence-corrected chi connectivity index (χ1v) is 4.26. The lowest BCUT2D eigenvalue weighted by Gasteiger charge is -2.08. The minimum absolute atomic E-state index is 0.141. The van der Waals surface area contributed by atoms with Crippen LogP contribution in [0.2, 0.25) is 0 Å². The van der Waals surface area contributed by atoms with Gasteiger partial charge in [0.2, 0.25) is 0 Å². The summed E-state index contributed by atoms with van der Waals surface area (Å²) < 4.78 is 13.1. The van der Waals surface area contributed by atoms with E-state index in [0.29, 0.717) is 10.0 Å². The molecule has 0 aromatic heterocycles. The summed E-state index contributed by atoms with van der Waals surface area (Å²) in [6.45, 7) is -0.141. The molecule has 1 rings (SSSR count). The summed E-state index contributed by atoms with van der Waals surface area (Å²) in [5, 5.41) is 8.71. The van der Waals surface area contributed by atoms with Crippen LogP contribution in [-0.2, 0) is 0 Å². The van der Waals surface area contributed by atoms with Gasteiger partial charge in [-0.05, 0) is 33.6 Å². The van der Waals surface area contributed by atoms with Crippen LogP contribution in [0.4, 0.5) is 4.39 Å². The van der Waals surface area contributed by atoms with Crippen LogP contribution >= 0.6 is 15.9 Å². The predicted molar refractivity (Wildman–Crippen MR) is 48.1 cm³/mol. The highest BCUT2D eigenvalue weighted by Crippen LogP contribution is 2.19. The van der Waals surface area contributed by atoms with Crippen LogP contribution in [0.3, 0.4) is 0 Å². The lowest BCUT2D eigenvalue weighted by molar-refractivity contribution is 0.268. The van der Waals surface area contributed by atoms with Crippen molar-refractivity contribution >= 4 is 15.9 Å². The normalized spacial score (nSPS) is 13.0. The molecule has 12 heavy (non-hydrogen) atoms. The van der Waals surface area contributed by atoms with Crippen molar-refractivity contribution in [2.45, 2.75) is 6.04 Å². The third kappa shape index (κ3) is 2.03. The number of aliphatic hydroxyl groups is 1. The van der Waals surface area contributed by atoms with Gasteiger partial charge in [0.05, 0.1) is 17.1 Å². The van der Waals surface area contributed by atoms with Gasteiger partial charge in [-0.1, -0.05) is 6.07 Å². The molecule has 0 saturated heterocycles. The number of benzene rings is 1. The van der Waals surface area contributed by atoms with Crippen LogP contribution < -0.4 is 5.73 Å². The molecule has 0 heterocycles. The zero-order valence-corrected chi connectivity index (χ0v) is 7.88. The molecule has 0 saturated carbocycles. The van der Waals surface area contributed by atoms with Crippen molar-refractivity contribution in [3.8, 4) is 0 Å². The number of hydrogen-bond acceptors (Lipinski definition) is 2. The summed E-state index contributed by atoms with van der Waals surface area (Å²) in [5.41, 5.74) is 6.23. The van der Waals surface area contributed by atoms with Gasteiger partial charge >= 0.3 is 0 Å². The Bertz CT molecular complexity index is 280. The van der Waals surface area contributed by atoms with Crippen LogP contribution in [0.1, 0.15) is 11.6 Å². The second-order valence-corrected chi connectivity index (χ2v) is 3.32. The molecule has 0 radical (unpaired) electrons. The highest BCUT2D eigenvalue weighted by atomic mass is 79.9. The smallest absolute Gasteiger partial charge is 0.137 e. The van der Waals surface area contributed by atoms with Crippen molar-refractivity contribution in [1.82, 2.24) is 0 Å². The Hall–Kier alpha value is -0.450. The quantitative estimate of drug-likeness (QED) is 0.815. The number of aliphatic hydroxyl groups excluding tert-OH is 1. The Labute approximate surface area is 78.3 Å². The molecule has 66 valence electrons. The fraction of sp³-hybridized carbons (Fsp3) is 0.250. The van der Waals surface area contributed by atoms with E-state index in [2.05, 4.69) is 15.9 Å². The summed E-state index contributed by atoms with van der Waals surface area (Å²) in [7, 11) is 0. The summed E-state index contributed by atoms with van der Waals surface area (Å²) in [4.78, 5) is 0. The number of nitrogens with two attached hydrogens (primary N) is 1. The molecule has 1 unspecified atom stereocenters. The van der Waals surface area contributed by atoms with Gasteiger partial charge in [0.15, 0.2) is 0 Å². The first kappa shape index (κ1) is 9.64. The maximum absolute atomic E-state index is 12.7. The average molecular weight is 234 g/mol. The van der Waals surface area contributed by atoms with Gasteiger partial charge < -0.3 is 10.8 Å². The third-order valence-electron chi connectivity index (χ3n) is 1.57. The lowest BCUT2D eigenvalue weighted by Crippen LogP contribution is -2.14. The second kappa shape index (κ2) is 3.98. The van der Waals surface area contributed by atoms with Crippen molar-refractivity contribution in [2.24, 2.45) is 5.73 Å². The molecule has 0 spiro atoms. The molecule has 1 atom stereocenters. The van der Waals surface area contributed by atoms with E-state index in [1.165, 1.54) is 6.07 Å². The van der Waals surface area contributed by atoms with Gasteiger partial charge in [-0.3, -0.25) is 0 Å². The molecule has 2 nitrogen and oxygen atoms in total. The Morgan fingerprint density at radius 3 is 2.75 bits per heavy atom.